The summed E-state index contributed by atoms with van der Waals surface area (Å²) in [5.41, 5.74) is 3.22. The minimum Gasteiger partial charge on any atom is -0.0651 e. The molecule has 2 aliphatic carbocycles. The van der Waals surface area contributed by atoms with E-state index < -0.39 is 0 Å². The molecule has 0 heterocycles. The van der Waals surface area contributed by atoms with Crippen molar-refractivity contribution in [3.8, 4) is 0 Å². The number of benzene rings is 1. The van der Waals surface area contributed by atoms with Crippen LogP contribution in [0.1, 0.15) is 108 Å². The van der Waals surface area contributed by atoms with Crippen molar-refractivity contribution >= 4 is 0 Å². The molecule has 0 amide bonds. The second-order valence-corrected chi connectivity index (χ2v) is 9.09. The van der Waals surface area contributed by atoms with Crippen molar-refractivity contribution in [2.75, 3.05) is 0 Å². The first-order valence-corrected chi connectivity index (χ1v) is 10.8. The van der Waals surface area contributed by atoms with E-state index in [2.05, 4.69) is 45.0 Å². The van der Waals surface area contributed by atoms with Crippen LogP contribution in [0.5, 0.6) is 0 Å². The molecule has 2 aliphatic rings. The minimum atomic E-state index is 0.832. The van der Waals surface area contributed by atoms with Gasteiger partial charge in [0, 0.05) is 0 Å². The molecule has 0 heteroatoms. The lowest BCUT2D eigenvalue weighted by Gasteiger charge is -2.31. The summed E-state index contributed by atoms with van der Waals surface area (Å²) in [4.78, 5) is 0. The molecule has 0 saturated heterocycles. The average molecular weight is 327 g/mol. The fourth-order valence-electron chi connectivity index (χ4n) is 5.10. The maximum atomic E-state index is 2.47. The van der Waals surface area contributed by atoms with Crippen LogP contribution in [0.4, 0.5) is 0 Å². The minimum absolute atomic E-state index is 0.832. The Kier molecular flexibility index (Phi) is 6.42. The molecule has 0 spiro atoms. The molecule has 1 unspecified atom stereocenters. The predicted molar refractivity (Wildman–Crippen MR) is 106 cm³/mol. The van der Waals surface area contributed by atoms with Gasteiger partial charge < -0.3 is 0 Å². The molecule has 24 heavy (non-hydrogen) atoms. The van der Waals surface area contributed by atoms with Crippen LogP contribution in [-0.2, 0) is 0 Å². The maximum Gasteiger partial charge on any atom is -0.0162 e. The van der Waals surface area contributed by atoms with Crippen LogP contribution in [0, 0.1) is 17.8 Å². The van der Waals surface area contributed by atoms with Crippen molar-refractivity contribution in [3.63, 3.8) is 0 Å². The monoisotopic (exact) mass is 326 g/mol. The summed E-state index contributed by atoms with van der Waals surface area (Å²) in [7, 11) is 0. The first kappa shape index (κ1) is 18.0. The van der Waals surface area contributed by atoms with Crippen LogP contribution >= 0.6 is 0 Å². The van der Waals surface area contributed by atoms with Crippen LogP contribution in [0.25, 0.3) is 0 Å². The summed E-state index contributed by atoms with van der Waals surface area (Å²) < 4.78 is 0. The van der Waals surface area contributed by atoms with Crippen LogP contribution in [0.15, 0.2) is 24.3 Å². The van der Waals surface area contributed by atoms with Crippen LogP contribution in [0.3, 0.4) is 0 Å². The zero-order valence-electron chi connectivity index (χ0n) is 16.3. The Morgan fingerprint density at radius 2 is 1.25 bits per heavy atom. The highest BCUT2D eigenvalue weighted by atomic mass is 14.3. The SMILES string of the molecule is CCC(C)C[C@H]1CC[C@H](c2ccc([C@H]3CC[C@H](C)CC3)cc2)CC1. The summed E-state index contributed by atoms with van der Waals surface area (Å²) in [5, 5.41) is 0. The van der Waals surface area contributed by atoms with Crippen molar-refractivity contribution in [1.29, 1.82) is 0 Å². The topological polar surface area (TPSA) is 0 Å². The van der Waals surface area contributed by atoms with Crippen molar-refractivity contribution in [2.45, 2.75) is 96.8 Å². The van der Waals surface area contributed by atoms with E-state index in [0.717, 1.165) is 29.6 Å². The fraction of sp³-hybridized carbons (Fsp3) is 0.750. The van der Waals surface area contributed by atoms with Gasteiger partial charge in [0.15, 0.2) is 0 Å². The van der Waals surface area contributed by atoms with Crippen molar-refractivity contribution in [1.82, 2.24) is 0 Å². The van der Waals surface area contributed by atoms with Gasteiger partial charge in [-0.1, -0.05) is 64.3 Å². The smallest absolute Gasteiger partial charge is 0.0162 e. The van der Waals surface area contributed by atoms with Crippen molar-refractivity contribution in [3.05, 3.63) is 35.4 Å². The molecule has 1 atom stereocenters. The van der Waals surface area contributed by atoms with Gasteiger partial charge in [0.1, 0.15) is 0 Å². The number of rotatable bonds is 5. The normalized spacial score (nSPS) is 32.5. The molecule has 1 aromatic rings. The van der Waals surface area contributed by atoms with Gasteiger partial charge >= 0.3 is 0 Å². The Hall–Kier alpha value is -0.780. The highest BCUT2D eigenvalue weighted by Crippen LogP contribution is 2.40. The Bertz CT molecular complexity index is 469. The summed E-state index contributed by atoms with van der Waals surface area (Å²) in [5.74, 6) is 4.54. The van der Waals surface area contributed by atoms with Gasteiger partial charge in [-0.25, -0.2) is 0 Å². The first-order chi connectivity index (χ1) is 11.7. The largest absolute Gasteiger partial charge is 0.0651 e. The average Bonchev–Trinajstić information content (AvgIpc) is 2.63. The fourth-order valence-corrected chi connectivity index (χ4v) is 5.10. The highest BCUT2D eigenvalue weighted by Gasteiger charge is 2.24. The Labute approximate surface area is 150 Å². The molecular weight excluding hydrogens is 288 g/mol. The van der Waals surface area contributed by atoms with Crippen LogP contribution in [0.2, 0.25) is 0 Å². The third kappa shape index (κ3) is 4.64. The molecule has 1 aromatic carbocycles. The van der Waals surface area contributed by atoms with Crippen molar-refractivity contribution < 1.29 is 0 Å². The van der Waals surface area contributed by atoms with E-state index in [1.807, 2.05) is 0 Å². The van der Waals surface area contributed by atoms with E-state index in [1.165, 1.54) is 64.2 Å². The molecule has 3 rings (SSSR count). The zero-order chi connectivity index (χ0) is 16.9. The van der Waals surface area contributed by atoms with Gasteiger partial charge in [0.05, 0.1) is 0 Å². The second-order valence-electron chi connectivity index (χ2n) is 9.09. The standard InChI is InChI=1S/C24H38/c1-4-18(2)17-20-7-11-22(12-8-20)24-15-13-23(14-16-24)21-9-5-19(3)6-10-21/h13-16,18-22H,4-12,17H2,1-3H3/t18?,19-,20-,21-,22-. The lowest BCUT2D eigenvalue weighted by atomic mass is 9.75. The summed E-state index contributed by atoms with van der Waals surface area (Å²) in [6.07, 6.45) is 14.2. The zero-order valence-corrected chi connectivity index (χ0v) is 16.3. The van der Waals surface area contributed by atoms with Gasteiger partial charge in [-0.2, -0.15) is 0 Å². The maximum absolute atomic E-state index is 2.47. The summed E-state index contributed by atoms with van der Waals surface area (Å²) in [6, 6.07) is 9.85. The van der Waals surface area contributed by atoms with E-state index in [4.69, 9.17) is 0 Å². The molecule has 2 saturated carbocycles. The van der Waals surface area contributed by atoms with Crippen molar-refractivity contribution in [2.24, 2.45) is 17.8 Å². The quantitative estimate of drug-likeness (QED) is 0.520. The Balaban J connectivity index is 1.51. The molecule has 0 nitrogen and oxygen atoms in total. The summed E-state index contributed by atoms with van der Waals surface area (Å²) >= 11 is 0. The third-order valence-electron chi connectivity index (χ3n) is 7.17. The summed E-state index contributed by atoms with van der Waals surface area (Å²) in [6.45, 7) is 7.18. The van der Waals surface area contributed by atoms with Crippen LogP contribution < -0.4 is 0 Å². The van der Waals surface area contributed by atoms with E-state index in [9.17, 15) is 0 Å². The molecule has 134 valence electrons. The Morgan fingerprint density at radius 3 is 1.71 bits per heavy atom. The van der Waals surface area contributed by atoms with Crippen LogP contribution in [-0.4, -0.2) is 0 Å². The van der Waals surface area contributed by atoms with E-state index >= 15 is 0 Å². The van der Waals surface area contributed by atoms with Gasteiger partial charge in [0.2, 0.25) is 0 Å². The molecular formula is C24H38. The predicted octanol–water partition coefficient (Wildman–Crippen LogP) is 7.69. The second kappa shape index (κ2) is 8.54. The molecule has 0 bridgehead atoms. The highest BCUT2D eigenvalue weighted by molar-refractivity contribution is 5.28. The molecule has 0 aliphatic heterocycles. The number of hydrogen-bond acceptors (Lipinski definition) is 0. The van der Waals surface area contributed by atoms with Gasteiger partial charge in [-0.05, 0) is 85.7 Å². The third-order valence-corrected chi connectivity index (χ3v) is 7.17. The molecule has 2 fully saturated rings. The van der Waals surface area contributed by atoms with Gasteiger partial charge in [-0.3, -0.25) is 0 Å². The van der Waals surface area contributed by atoms with Gasteiger partial charge in [0.25, 0.3) is 0 Å². The number of hydrogen-bond donors (Lipinski definition) is 0. The van der Waals surface area contributed by atoms with E-state index in [1.54, 1.807) is 11.1 Å². The Morgan fingerprint density at radius 1 is 0.792 bits per heavy atom. The molecule has 0 aromatic heterocycles. The van der Waals surface area contributed by atoms with E-state index in [0.29, 0.717) is 0 Å². The van der Waals surface area contributed by atoms with Gasteiger partial charge in [-0.15, -0.1) is 0 Å². The molecule has 0 N–H and O–H groups in total. The van der Waals surface area contributed by atoms with E-state index in [-0.39, 0.29) is 0 Å². The molecule has 0 radical (unpaired) electrons. The lowest BCUT2D eigenvalue weighted by Crippen LogP contribution is -2.15. The lowest BCUT2D eigenvalue weighted by molar-refractivity contribution is 0.273. The first-order valence-electron chi connectivity index (χ1n) is 10.8.